The lowest BCUT2D eigenvalue weighted by atomic mass is 9.95. The van der Waals surface area contributed by atoms with E-state index in [0.717, 1.165) is 62.1 Å². The van der Waals surface area contributed by atoms with E-state index in [1.807, 2.05) is 24.2 Å². The minimum absolute atomic E-state index is 0.0649. The molecule has 2 aliphatic rings. The highest BCUT2D eigenvalue weighted by Crippen LogP contribution is 2.32. The second-order valence-electron chi connectivity index (χ2n) is 8.30. The molecule has 1 fully saturated rings. The zero-order chi connectivity index (χ0) is 21.2. The normalized spacial score (nSPS) is 18.0. The number of nitrogens with zero attached hydrogens (tertiary/aromatic N) is 5. The first-order valence-electron chi connectivity index (χ1n) is 10.9. The first-order valence-corrected chi connectivity index (χ1v) is 10.9. The maximum atomic E-state index is 12.5. The molecule has 8 heteroatoms. The van der Waals surface area contributed by atoms with Crippen LogP contribution in [0.5, 0.6) is 0 Å². The first kappa shape index (κ1) is 19.5. The van der Waals surface area contributed by atoms with Crippen LogP contribution in [-0.2, 0) is 13.5 Å². The summed E-state index contributed by atoms with van der Waals surface area (Å²) >= 11 is 0. The Hall–Kier alpha value is -3.42. The summed E-state index contributed by atoms with van der Waals surface area (Å²) in [6.45, 7) is 1.74. The van der Waals surface area contributed by atoms with Crippen LogP contribution in [0.2, 0.25) is 0 Å². The molecule has 8 nitrogen and oxygen atoms in total. The van der Waals surface area contributed by atoms with Gasteiger partial charge in [0.2, 0.25) is 5.95 Å². The second-order valence-corrected chi connectivity index (χ2v) is 8.30. The molecule has 0 spiro atoms. The van der Waals surface area contributed by atoms with Crippen molar-refractivity contribution in [3.8, 4) is 11.3 Å². The summed E-state index contributed by atoms with van der Waals surface area (Å²) in [5, 5.41) is 10.6. The largest absolute Gasteiger partial charge is 0.331 e. The lowest BCUT2D eigenvalue weighted by Gasteiger charge is -2.33. The molecule has 160 valence electrons. The van der Waals surface area contributed by atoms with Crippen molar-refractivity contribution < 1.29 is 4.79 Å². The van der Waals surface area contributed by atoms with Crippen molar-refractivity contribution in [3.63, 3.8) is 0 Å². The van der Waals surface area contributed by atoms with Gasteiger partial charge in [0, 0.05) is 38.1 Å². The molecule has 31 heavy (non-hydrogen) atoms. The van der Waals surface area contributed by atoms with Crippen molar-refractivity contribution in [2.24, 2.45) is 7.05 Å². The predicted molar refractivity (Wildman–Crippen MR) is 119 cm³/mol. The molecule has 1 aliphatic carbocycles. The molecule has 1 aliphatic heterocycles. The smallest absolute Gasteiger partial charge is 0.317 e. The lowest BCUT2D eigenvalue weighted by Crippen LogP contribution is -2.48. The van der Waals surface area contributed by atoms with Crippen molar-refractivity contribution in [1.29, 1.82) is 0 Å². The Morgan fingerprint density at radius 3 is 2.84 bits per heavy atom. The predicted octanol–water partition coefficient (Wildman–Crippen LogP) is 3.80. The Balaban J connectivity index is 1.38. The Kier molecular flexibility index (Phi) is 5.28. The molecule has 1 aromatic carbocycles. The van der Waals surface area contributed by atoms with Crippen molar-refractivity contribution >= 4 is 17.7 Å². The number of carbonyl (C=O) groups is 1. The molecule has 3 aromatic rings. The maximum Gasteiger partial charge on any atom is 0.317 e. The third-order valence-corrected chi connectivity index (χ3v) is 6.06. The number of urea groups is 1. The summed E-state index contributed by atoms with van der Waals surface area (Å²) in [4.78, 5) is 23.4. The fourth-order valence-electron chi connectivity index (χ4n) is 4.25. The molecule has 0 bridgehead atoms. The van der Waals surface area contributed by atoms with E-state index in [1.165, 1.54) is 11.1 Å². The number of carbonyl (C=O) groups excluding carboxylic acids is 1. The summed E-state index contributed by atoms with van der Waals surface area (Å²) < 4.78 is 1.73. The van der Waals surface area contributed by atoms with Crippen LogP contribution in [0, 0.1) is 0 Å². The number of hydrogen-bond donors (Lipinski definition) is 2. The van der Waals surface area contributed by atoms with Gasteiger partial charge < -0.3 is 15.5 Å². The number of anilines is 2. The SMILES string of the molecule is Cn1cc(Nc2nccc(-c3ccc4c(c3)CCCC[C@@H]4NC(=O)N3CCC3)n2)cn1. The van der Waals surface area contributed by atoms with Crippen LogP contribution in [0.15, 0.2) is 42.9 Å². The van der Waals surface area contributed by atoms with E-state index in [9.17, 15) is 4.79 Å². The van der Waals surface area contributed by atoms with Gasteiger partial charge in [0.1, 0.15) is 0 Å². The molecule has 0 unspecified atom stereocenters. The van der Waals surface area contributed by atoms with Crippen LogP contribution in [0.25, 0.3) is 11.3 Å². The van der Waals surface area contributed by atoms with Gasteiger partial charge in [0.05, 0.1) is 23.6 Å². The fourth-order valence-corrected chi connectivity index (χ4v) is 4.25. The number of amides is 2. The quantitative estimate of drug-likeness (QED) is 0.631. The third-order valence-electron chi connectivity index (χ3n) is 6.06. The average molecular weight is 418 g/mol. The Morgan fingerprint density at radius 1 is 1.16 bits per heavy atom. The van der Waals surface area contributed by atoms with Crippen molar-refractivity contribution in [2.75, 3.05) is 18.4 Å². The highest BCUT2D eigenvalue weighted by atomic mass is 16.2. The van der Waals surface area contributed by atoms with E-state index >= 15 is 0 Å². The Morgan fingerprint density at radius 2 is 2.06 bits per heavy atom. The van der Waals surface area contributed by atoms with E-state index < -0.39 is 0 Å². The number of fused-ring (bicyclic) bond motifs is 1. The molecule has 3 heterocycles. The van der Waals surface area contributed by atoms with E-state index in [4.69, 9.17) is 4.98 Å². The number of nitrogens with one attached hydrogen (secondary N) is 2. The highest BCUT2D eigenvalue weighted by molar-refractivity contribution is 5.75. The third kappa shape index (κ3) is 4.23. The molecule has 1 saturated heterocycles. The lowest BCUT2D eigenvalue weighted by molar-refractivity contribution is 0.163. The van der Waals surface area contributed by atoms with E-state index in [-0.39, 0.29) is 12.1 Å². The number of hydrogen-bond acceptors (Lipinski definition) is 5. The highest BCUT2D eigenvalue weighted by Gasteiger charge is 2.25. The van der Waals surface area contributed by atoms with Gasteiger partial charge in [0.25, 0.3) is 0 Å². The number of rotatable bonds is 4. The first-order chi connectivity index (χ1) is 15.2. The average Bonchev–Trinajstić information content (AvgIpc) is 3.02. The van der Waals surface area contributed by atoms with Crippen LogP contribution >= 0.6 is 0 Å². The van der Waals surface area contributed by atoms with Crippen molar-refractivity contribution in [1.82, 2.24) is 30.0 Å². The van der Waals surface area contributed by atoms with E-state index in [0.29, 0.717) is 5.95 Å². The van der Waals surface area contributed by atoms with Gasteiger partial charge in [-0.25, -0.2) is 14.8 Å². The van der Waals surface area contributed by atoms with Crippen LogP contribution in [0.3, 0.4) is 0 Å². The summed E-state index contributed by atoms with van der Waals surface area (Å²) in [5.41, 5.74) is 5.31. The van der Waals surface area contributed by atoms with Crippen molar-refractivity contribution in [2.45, 2.75) is 38.1 Å². The van der Waals surface area contributed by atoms with Gasteiger partial charge >= 0.3 is 6.03 Å². The molecule has 2 amide bonds. The number of aromatic nitrogens is 4. The minimum atomic E-state index is 0.0649. The minimum Gasteiger partial charge on any atom is -0.331 e. The second kappa shape index (κ2) is 8.37. The zero-order valence-corrected chi connectivity index (χ0v) is 17.7. The molecular formula is C23H27N7O. The van der Waals surface area contributed by atoms with Crippen LogP contribution < -0.4 is 10.6 Å². The molecule has 2 aromatic heterocycles. The van der Waals surface area contributed by atoms with Crippen LogP contribution in [0.1, 0.15) is 42.9 Å². The Bertz CT molecular complexity index is 1090. The summed E-state index contributed by atoms with van der Waals surface area (Å²) in [7, 11) is 1.87. The van der Waals surface area contributed by atoms with Crippen LogP contribution in [-0.4, -0.2) is 43.8 Å². The number of aryl methyl sites for hydroxylation is 2. The van der Waals surface area contributed by atoms with Gasteiger partial charge in [-0.05, 0) is 48.9 Å². The van der Waals surface area contributed by atoms with Gasteiger partial charge in [-0.3, -0.25) is 4.68 Å². The van der Waals surface area contributed by atoms with Gasteiger partial charge in [0.15, 0.2) is 0 Å². The van der Waals surface area contributed by atoms with Crippen LogP contribution in [0.4, 0.5) is 16.4 Å². The summed E-state index contributed by atoms with van der Waals surface area (Å²) in [6, 6.07) is 8.55. The topological polar surface area (TPSA) is 88.0 Å². The number of likely N-dealkylation sites (tertiary alicyclic amines) is 1. The van der Waals surface area contributed by atoms with Gasteiger partial charge in [-0.1, -0.05) is 18.6 Å². The fraction of sp³-hybridized carbons (Fsp3) is 0.391. The molecule has 1 atom stereocenters. The summed E-state index contributed by atoms with van der Waals surface area (Å²) in [5.74, 6) is 0.542. The monoisotopic (exact) mass is 417 g/mol. The molecule has 5 rings (SSSR count). The Labute approximate surface area is 181 Å². The standard InChI is InChI=1S/C23H27N7O/c1-29-15-18(14-25-29)26-22-24-10-9-20(27-22)17-7-8-19-16(13-17)5-2-3-6-21(19)28-23(31)30-11-4-12-30/h7-10,13-15,21H,2-6,11-12H2,1H3,(H,28,31)(H,24,26,27)/t21-/m0/s1. The molecule has 0 saturated carbocycles. The summed E-state index contributed by atoms with van der Waals surface area (Å²) in [6.07, 6.45) is 10.7. The zero-order valence-electron chi connectivity index (χ0n) is 17.7. The van der Waals surface area contributed by atoms with Gasteiger partial charge in [-0.15, -0.1) is 0 Å². The molecule has 0 radical (unpaired) electrons. The maximum absolute atomic E-state index is 12.5. The molecular weight excluding hydrogens is 390 g/mol. The van der Waals surface area contributed by atoms with Crippen molar-refractivity contribution in [3.05, 3.63) is 54.0 Å². The number of benzene rings is 1. The van der Waals surface area contributed by atoms with E-state index in [1.54, 1.807) is 17.1 Å². The van der Waals surface area contributed by atoms with Gasteiger partial charge in [-0.2, -0.15) is 5.10 Å². The molecule has 2 N–H and O–H groups in total. The van der Waals surface area contributed by atoms with E-state index in [2.05, 4.69) is 38.9 Å².